The van der Waals surface area contributed by atoms with Crippen LogP contribution in [0.15, 0.2) is 24.3 Å². The minimum absolute atomic E-state index is 0.158. The number of unbranched alkanes of at least 4 members (excludes halogenated alkanes) is 6. The molecule has 148 valence electrons. The van der Waals surface area contributed by atoms with Gasteiger partial charge in [0, 0.05) is 3.57 Å². The van der Waals surface area contributed by atoms with Crippen molar-refractivity contribution in [2.24, 2.45) is 0 Å². The number of hydrogen-bond acceptors (Lipinski definition) is 1. The molecule has 0 fully saturated rings. The zero-order valence-corrected chi connectivity index (χ0v) is 20.7. The van der Waals surface area contributed by atoms with E-state index in [-0.39, 0.29) is 20.9 Å². The van der Waals surface area contributed by atoms with Crippen LogP contribution in [0.2, 0.25) is 8.94 Å². The Morgan fingerprint density at radius 3 is 2.15 bits per heavy atom. The summed E-state index contributed by atoms with van der Waals surface area (Å²) in [7, 11) is 0. The second kappa shape index (κ2) is 16.2. The van der Waals surface area contributed by atoms with Gasteiger partial charge in [-0.2, -0.15) is 0 Å². The third-order valence-electron chi connectivity index (χ3n) is 4.85. The van der Waals surface area contributed by atoms with Crippen molar-refractivity contribution in [3.63, 3.8) is 0 Å². The van der Waals surface area contributed by atoms with Gasteiger partial charge in [0.2, 0.25) is 0 Å². The maximum absolute atomic E-state index is 10.4. The van der Waals surface area contributed by atoms with E-state index >= 15 is 0 Å². The molecular weight excluding hydrogens is 551 g/mol. The van der Waals surface area contributed by atoms with Crippen molar-refractivity contribution < 1.29 is 9.90 Å². The molecule has 0 saturated heterocycles. The van der Waals surface area contributed by atoms with Gasteiger partial charge in [-0.05, 0) is 22.6 Å². The van der Waals surface area contributed by atoms with Crippen LogP contribution in [0, 0.1) is 3.57 Å². The first-order valence-electron chi connectivity index (χ1n) is 10.2. The quantitative estimate of drug-likeness (QED) is 0.125. The molecule has 0 radical (unpaired) electrons. The number of rotatable bonds is 16. The molecule has 0 amide bonds. The fourth-order valence-corrected chi connectivity index (χ4v) is 6.50. The van der Waals surface area contributed by atoms with E-state index in [0.29, 0.717) is 6.42 Å². The van der Waals surface area contributed by atoms with Crippen LogP contribution in [0.5, 0.6) is 0 Å². The summed E-state index contributed by atoms with van der Waals surface area (Å²) in [6.45, 7) is 2.31. The molecule has 1 rings (SSSR count). The van der Waals surface area contributed by atoms with E-state index in [1.165, 1.54) is 69.4 Å². The van der Waals surface area contributed by atoms with Crippen molar-refractivity contribution in [1.29, 1.82) is 0 Å². The minimum atomic E-state index is -0.644. The maximum atomic E-state index is 10.4. The average Bonchev–Trinajstić information content (AvgIpc) is 2.63. The zero-order chi connectivity index (χ0) is 19.0. The van der Waals surface area contributed by atoms with E-state index in [0.717, 1.165) is 18.8 Å². The van der Waals surface area contributed by atoms with Gasteiger partial charge in [-0.1, -0.05) is 0 Å². The first-order valence-corrected chi connectivity index (χ1v) is 14.6. The molecule has 4 heteroatoms. The van der Waals surface area contributed by atoms with Gasteiger partial charge < -0.3 is 0 Å². The molecular formula is C22H35IO2Te. The van der Waals surface area contributed by atoms with Crippen molar-refractivity contribution in [1.82, 2.24) is 0 Å². The van der Waals surface area contributed by atoms with Crippen LogP contribution in [-0.2, 0) is 4.79 Å². The molecule has 2 nitrogen and oxygen atoms in total. The van der Waals surface area contributed by atoms with Crippen LogP contribution in [0.3, 0.4) is 0 Å². The van der Waals surface area contributed by atoms with Crippen LogP contribution in [0.25, 0.3) is 0 Å². The molecule has 0 aliphatic carbocycles. The van der Waals surface area contributed by atoms with Crippen LogP contribution < -0.4 is 0 Å². The molecule has 0 bridgehead atoms. The molecule has 0 spiro atoms. The molecule has 0 aliphatic rings. The first-order chi connectivity index (χ1) is 12.6. The van der Waals surface area contributed by atoms with Gasteiger partial charge >= 0.3 is 159 Å². The number of aliphatic carboxylic acids is 1. The molecule has 0 aromatic heterocycles. The van der Waals surface area contributed by atoms with Gasteiger partial charge in [0.15, 0.2) is 0 Å². The van der Waals surface area contributed by atoms with Crippen LogP contribution in [0.4, 0.5) is 0 Å². The van der Waals surface area contributed by atoms with Crippen molar-refractivity contribution >= 4 is 49.5 Å². The number of carboxylic acids is 1. The van der Waals surface area contributed by atoms with E-state index < -0.39 is 5.97 Å². The van der Waals surface area contributed by atoms with E-state index in [9.17, 15) is 4.79 Å². The molecule has 26 heavy (non-hydrogen) atoms. The summed E-state index contributed by atoms with van der Waals surface area (Å²) in [5.74, 6) is 0.0909. The van der Waals surface area contributed by atoms with E-state index in [4.69, 9.17) is 5.11 Å². The van der Waals surface area contributed by atoms with Gasteiger partial charge in [0.25, 0.3) is 0 Å². The Kier molecular flexibility index (Phi) is 15.1. The average molecular weight is 586 g/mol. The van der Waals surface area contributed by atoms with Gasteiger partial charge in [-0.25, -0.2) is 0 Å². The molecule has 0 saturated carbocycles. The summed E-state index contributed by atoms with van der Waals surface area (Å²) in [4.78, 5) is 10.4. The number of hydrogen-bond donors (Lipinski definition) is 1. The van der Waals surface area contributed by atoms with Crippen molar-refractivity contribution in [2.75, 3.05) is 0 Å². The molecule has 1 unspecified atom stereocenters. The van der Waals surface area contributed by atoms with Gasteiger partial charge in [0.1, 0.15) is 0 Å². The third kappa shape index (κ3) is 12.6. The zero-order valence-electron chi connectivity index (χ0n) is 16.2. The van der Waals surface area contributed by atoms with E-state index in [2.05, 4.69) is 53.8 Å². The molecule has 1 atom stereocenters. The van der Waals surface area contributed by atoms with Gasteiger partial charge in [-0.3, -0.25) is 0 Å². The van der Waals surface area contributed by atoms with Gasteiger partial charge in [-0.15, -0.1) is 0 Å². The summed E-state index contributed by atoms with van der Waals surface area (Å²) >= 11 is 2.53. The molecule has 1 aromatic rings. The molecule has 1 N–H and O–H groups in total. The summed E-state index contributed by atoms with van der Waals surface area (Å²) < 4.78 is 4.10. The topological polar surface area (TPSA) is 37.3 Å². The Bertz CT molecular complexity index is 476. The van der Waals surface area contributed by atoms with Crippen LogP contribution in [0.1, 0.15) is 89.0 Å². The second-order valence-corrected chi connectivity index (χ2v) is 11.8. The summed E-state index contributed by atoms with van der Waals surface area (Å²) in [5, 5.41) is 8.60. The van der Waals surface area contributed by atoms with Crippen molar-refractivity contribution in [2.45, 2.75) is 92.4 Å². The van der Waals surface area contributed by atoms with Crippen molar-refractivity contribution in [3.05, 3.63) is 33.4 Å². The Morgan fingerprint density at radius 1 is 0.962 bits per heavy atom. The molecule has 1 aromatic carbocycles. The van der Waals surface area contributed by atoms with E-state index in [1.807, 2.05) is 0 Å². The predicted octanol–water partition coefficient (Wildman–Crippen LogP) is 7.31. The SMILES string of the molecule is CCC(CCCCCCCC[Te]CCCCC(=O)O)c1ccc(I)cc1. The Balaban J connectivity index is 1.92. The Labute approximate surface area is 184 Å². The number of carboxylic acid groups (broad SMARTS) is 1. The van der Waals surface area contributed by atoms with Crippen molar-refractivity contribution in [3.8, 4) is 0 Å². The molecule has 0 aliphatic heterocycles. The van der Waals surface area contributed by atoms with E-state index in [1.54, 1.807) is 0 Å². The summed E-state index contributed by atoms with van der Waals surface area (Å²) in [5.41, 5.74) is 1.51. The number of halogens is 1. The predicted molar refractivity (Wildman–Crippen MR) is 121 cm³/mol. The second-order valence-electron chi connectivity index (χ2n) is 7.03. The first kappa shape index (κ1) is 24.2. The van der Waals surface area contributed by atoms with Gasteiger partial charge in [0.05, 0.1) is 0 Å². The summed E-state index contributed by atoms with van der Waals surface area (Å²) in [6, 6.07) is 9.07. The number of benzene rings is 1. The monoisotopic (exact) mass is 588 g/mol. The van der Waals surface area contributed by atoms with Crippen LogP contribution >= 0.6 is 22.6 Å². The normalized spacial score (nSPS) is 12.2. The fraction of sp³-hybridized carbons (Fsp3) is 0.682. The molecule has 0 heterocycles. The fourth-order valence-electron chi connectivity index (χ4n) is 3.23. The summed E-state index contributed by atoms with van der Waals surface area (Å²) in [6.07, 6.45) is 13.3. The Morgan fingerprint density at radius 2 is 1.54 bits per heavy atom. The number of carbonyl (C=O) groups is 1. The van der Waals surface area contributed by atoms with Crippen LogP contribution in [-0.4, -0.2) is 32.0 Å². The third-order valence-corrected chi connectivity index (χ3v) is 8.87. The standard InChI is InChI=1S/C22H35IO2Te/c1-2-19(20-13-15-21(23)16-14-20)11-7-5-3-4-6-9-17-26-18-10-8-12-22(24)25/h13-16,19H,2-12,17-18H2,1H3,(H,24,25). The Hall–Kier alpha value is 0.210.